The van der Waals surface area contributed by atoms with Gasteiger partial charge in [0.15, 0.2) is 0 Å². The molecule has 1 N–H and O–H groups in total. The molecule has 110 valence electrons. The van der Waals surface area contributed by atoms with E-state index in [0.717, 1.165) is 23.2 Å². The molecule has 0 aliphatic rings. The molecule has 0 amide bonds. The van der Waals surface area contributed by atoms with Crippen molar-refractivity contribution in [3.8, 4) is 6.07 Å². The number of sulfonamides is 1. The molecule has 2 aromatic rings. The number of thiazole rings is 1. The van der Waals surface area contributed by atoms with Gasteiger partial charge in [-0.1, -0.05) is 6.92 Å². The number of hydrogen-bond acceptors (Lipinski definition) is 5. The molecule has 1 atom stereocenters. The number of nitriles is 1. The Balaban J connectivity index is 2.14. The van der Waals surface area contributed by atoms with Gasteiger partial charge in [0.05, 0.1) is 15.5 Å². The van der Waals surface area contributed by atoms with Crippen molar-refractivity contribution in [3.63, 3.8) is 0 Å². The van der Waals surface area contributed by atoms with Crippen molar-refractivity contribution < 1.29 is 12.8 Å². The van der Waals surface area contributed by atoms with Crippen LogP contribution in [0.4, 0.5) is 4.39 Å². The molecule has 0 fully saturated rings. The third-order valence-electron chi connectivity index (χ3n) is 2.82. The Bertz CT molecular complexity index is 767. The second-order valence-corrected chi connectivity index (χ2v) is 7.07. The predicted molar refractivity (Wildman–Crippen MR) is 76.8 cm³/mol. The minimum atomic E-state index is -3.79. The number of nitrogens with zero attached hydrogens (tertiary/aromatic N) is 2. The summed E-state index contributed by atoms with van der Waals surface area (Å²) in [4.78, 5) is 3.99. The number of rotatable bonds is 5. The van der Waals surface area contributed by atoms with Crippen LogP contribution in [0.5, 0.6) is 0 Å². The van der Waals surface area contributed by atoms with Crippen molar-refractivity contribution in [2.75, 3.05) is 6.54 Å². The van der Waals surface area contributed by atoms with E-state index in [1.807, 2.05) is 12.3 Å². The van der Waals surface area contributed by atoms with Crippen LogP contribution in [0.15, 0.2) is 34.7 Å². The van der Waals surface area contributed by atoms with E-state index in [1.54, 1.807) is 12.3 Å². The molecule has 0 saturated heterocycles. The highest BCUT2D eigenvalue weighted by molar-refractivity contribution is 7.89. The van der Waals surface area contributed by atoms with Gasteiger partial charge in [0.25, 0.3) is 0 Å². The molecule has 0 bridgehead atoms. The van der Waals surface area contributed by atoms with Crippen molar-refractivity contribution >= 4 is 21.4 Å². The first-order valence-corrected chi connectivity index (χ1v) is 8.39. The Morgan fingerprint density at radius 3 is 2.90 bits per heavy atom. The van der Waals surface area contributed by atoms with Crippen LogP contribution >= 0.6 is 11.3 Å². The first-order valence-electron chi connectivity index (χ1n) is 6.02. The number of nitrogens with one attached hydrogen (secondary N) is 1. The van der Waals surface area contributed by atoms with Crippen LogP contribution in [0, 0.1) is 17.1 Å². The topological polar surface area (TPSA) is 82.9 Å². The van der Waals surface area contributed by atoms with Gasteiger partial charge in [-0.25, -0.2) is 22.5 Å². The van der Waals surface area contributed by atoms with Crippen LogP contribution < -0.4 is 4.72 Å². The molecule has 1 aromatic heterocycles. The maximum Gasteiger partial charge on any atom is 0.240 e. The molecular formula is C13H12FN3O2S2. The fraction of sp³-hybridized carbons (Fsp3) is 0.231. The summed E-state index contributed by atoms with van der Waals surface area (Å²) in [6.45, 7) is 2.03. The van der Waals surface area contributed by atoms with Crippen molar-refractivity contribution in [2.45, 2.75) is 17.7 Å². The van der Waals surface area contributed by atoms with E-state index in [4.69, 9.17) is 5.26 Å². The predicted octanol–water partition coefficient (Wildman–Crippen LogP) is 2.24. The molecule has 21 heavy (non-hydrogen) atoms. The smallest absolute Gasteiger partial charge is 0.240 e. The summed E-state index contributed by atoms with van der Waals surface area (Å²) in [6.07, 6.45) is 1.66. The van der Waals surface area contributed by atoms with Gasteiger partial charge in [-0.05, 0) is 18.2 Å². The Kier molecular flexibility index (Phi) is 4.67. The number of aromatic nitrogens is 1. The minimum absolute atomic E-state index is 0.0735. The lowest BCUT2D eigenvalue weighted by Crippen LogP contribution is -2.27. The van der Waals surface area contributed by atoms with Crippen LogP contribution in [0.2, 0.25) is 0 Å². The van der Waals surface area contributed by atoms with E-state index in [-0.39, 0.29) is 22.9 Å². The van der Waals surface area contributed by atoms with Crippen LogP contribution in [0.3, 0.4) is 0 Å². The Hall–Kier alpha value is -1.82. The summed E-state index contributed by atoms with van der Waals surface area (Å²) in [6, 6.07) is 4.74. The van der Waals surface area contributed by atoms with Gasteiger partial charge in [0.2, 0.25) is 10.0 Å². The Labute approximate surface area is 126 Å². The summed E-state index contributed by atoms with van der Waals surface area (Å²) >= 11 is 1.45. The normalized spacial score (nSPS) is 12.8. The third-order valence-corrected chi connectivity index (χ3v) is 5.25. The molecule has 0 spiro atoms. The van der Waals surface area contributed by atoms with E-state index in [9.17, 15) is 12.8 Å². The zero-order valence-corrected chi connectivity index (χ0v) is 12.7. The molecule has 0 aliphatic carbocycles. The van der Waals surface area contributed by atoms with Crippen molar-refractivity contribution in [1.82, 2.24) is 9.71 Å². The van der Waals surface area contributed by atoms with Crippen molar-refractivity contribution in [1.29, 1.82) is 5.26 Å². The lowest BCUT2D eigenvalue weighted by molar-refractivity contribution is 0.573. The van der Waals surface area contributed by atoms with Gasteiger partial charge in [-0.2, -0.15) is 5.26 Å². The fourth-order valence-corrected chi connectivity index (χ4v) is 3.50. The summed E-state index contributed by atoms with van der Waals surface area (Å²) in [5, 5.41) is 11.4. The second-order valence-electron chi connectivity index (χ2n) is 4.38. The number of halogens is 1. The maximum atomic E-state index is 13.2. The van der Waals surface area contributed by atoms with Gasteiger partial charge in [0, 0.05) is 24.0 Å². The lowest BCUT2D eigenvalue weighted by atomic mass is 10.2. The number of hydrogen-bond donors (Lipinski definition) is 1. The molecule has 8 heteroatoms. The van der Waals surface area contributed by atoms with E-state index in [0.29, 0.717) is 0 Å². The molecule has 1 unspecified atom stereocenters. The summed E-state index contributed by atoms with van der Waals surface area (Å²) in [5.41, 5.74) is -0.300. The van der Waals surface area contributed by atoms with E-state index in [2.05, 4.69) is 9.71 Å². The highest BCUT2D eigenvalue weighted by Gasteiger charge is 2.18. The van der Waals surface area contributed by atoms with E-state index >= 15 is 0 Å². The average Bonchev–Trinajstić information content (AvgIpc) is 2.99. The van der Waals surface area contributed by atoms with Crippen LogP contribution in [-0.4, -0.2) is 19.9 Å². The van der Waals surface area contributed by atoms with Crippen molar-refractivity contribution in [2.24, 2.45) is 0 Å². The first-order chi connectivity index (χ1) is 9.94. The Morgan fingerprint density at radius 1 is 1.52 bits per heavy atom. The first kappa shape index (κ1) is 15.6. The van der Waals surface area contributed by atoms with Gasteiger partial charge >= 0.3 is 0 Å². The van der Waals surface area contributed by atoms with Crippen LogP contribution in [0.1, 0.15) is 23.4 Å². The third kappa shape index (κ3) is 3.64. The highest BCUT2D eigenvalue weighted by Crippen LogP contribution is 2.18. The summed E-state index contributed by atoms with van der Waals surface area (Å²) in [7, 11) is -3.79. The molecule has 2 rings (SSSR count). The van der Waals surface area contributed by atoms with Gasteiger partial charge in [0.1, 0.15) is 11.9 Å². The maximum absolute atomic E-state index is 13.2. The Morgan fingerprint density at radius 2 is 2.29 bits per heavy atom. The lowest BCUT2D eigenvalue weighted by Gasteiger charge is -2.11. The van der Waals surface area contributed by atoms with Gasteiger partial charge in [-0.15, -0.1) is 11.3 Å². The molecule has 1 heterocycles. The average molecular weight is 325 g/mol. The fourth-order valence-electron chi connectivity index (χ4n) is 1.64. The van der Waals surface area contributed by atoms with Gasteiger partial charge in [-0.3, -0.25) is 0 Å². The van der Waals surface area contributed by atoms with Crippen LogP contribution in [0.25, 0.3) is 0 Å². The minimum Gasteiger partial charge on any atom is -0.249 e. The monoisotopic (exact) mass is 325 g/mol. The van der Waals surface area contributed by atoms with Crippen molar-refractivity contribution in [3.05, 3.63) is 46.2 Å². The summed E-state index contributed by atoms with van der Waals surface area (Å²) < 4.78 is 39.9. The number of benzene rings is 1. The molecule has 0 saturated carbocycles. The van der Waals surface area contributed by atoms with Crippen LogP contribution in [-0.2, 0) is 10.0 Å². The van der Waals surface area contributed by atoms with Gasteiger partial charge < -0.3 is 0 Å². The zero-order chi connectivity index (χ0) is 15.5. The highest BCUT2D eigenvalue weighted by atomic mass is 32.2. The second kappa shape index (κ2) is 6.30. The molecular weight excluding hydrogens is 313 g/mol. The quantitative estimate of drug-likeness (QED) is 0.914. The standard InChI is InChI=1S/C13H12FN3O2S2/c1-9(13-16-4-5-20-13)8-17-21(18,19)11-2-3-12(14)10(6-11)7-15/h2-6,9,17H,8H2,1H3. The SMILES string of the molecule is CC(CNS(=O)(=O)c1ccc(F)c(C#N)c1)c1nccs1. The molecule has 1 aromatic carbocycles. The molecule has 0 aliphatic heterocycles. The molecule has 0 radical (unpaired) electrons. The molecule has 5 nitrogen and oxygen atoms in total. The zero-order valence-electron chi connectivity index (χ0n) is 11.1. The largest absolute Gasteiger partial charge is 0.249 e. The van der Waals surface area contributed by atoms with E-state index < -0.39 is 15.8 Å². The van der Waals surface area contributed by atoms with E-state index in [1.165, 1.54) is 11.3 Å². The summed E-state index contributed by atoms with van der Waals surface area (Å²) in [5.74, 6) is -0.816.